The summed E-state index contributed by atoms with van der Waals surface area (Å²) in [6, 6.07) is 7.47. The van der Waals surface area contributed by atoms with Crippen molar-refractivity contribution in [2.24, 2.45) is 5.92 Å². The molecule has 1 aliphatic heterocycles. The fraction of sp³-hybridized carbons (Fsp3) is 0.500. The van der Waals surface area contributed by atoms with Gasteiger partial charge in [-0.05, 0) is 61.3 Å². The largest absolute Gasteiger partial charge is 0.339 e. The van der Waals surface area contributed by atoms with E-state index in [0.29, 0.717) is 11.5 Å². The molecule has 0 saturated carbocycles. The number of para-hydroxylation sites is 1. The van der Waals surface area contributed by atoms with Crippen molar-refractivity contribution in [1.82, 2.24) is 30.4 Å². The molecule has 2 aromatic rings. The Morgan fingerprint density at radius 1 is 1.29 bits per heavy atom. The molecule has 1 amide bonds. The van der Waals surface area contributed by atoms with Crippen LogP contribution in [0.25, 0.3) is 5.69 Å². The first-order valence-electron chi connectivity index (χ1n) is 8.06. The Balaban J connectivity index is 0.00000208. The van der Waals surface area contributed by atoms with Crippen LogP contribution >= 0.6 is 12.4 Å². The van der Waals surface area contributed by atoms with E-state index in [2.05, 4.69) is 20.8 Å². The number of aromatic nitrogens is 4. The normalized spacial score (nSPS) is 15.1. The highest BCUT2D eigenvalue weighted by molar-refractivity contribution is 5.97. The Morgan fingerprint density at radius 3 is 2.71 bits per heavy atom. The van der Waals surface area contributed by atoms with E-state index >= 15 is 0 Å². The molecule has 0 bridgehead atoms. The van der Waals surface area contributed by atoms with E-state index < -0.39 is 0 Å². The minimum atomic E-state index is 0. The molecular formula is C16H23ClN6O. The summed E-state index contributed by atoms with van der Waals surface area (Å²) in [5.41, 5.74) is 1.37. The van der Waals surface area contributed by atoms with Gasteiger partial charge in [0.25, 0.3) is 5.91 Å². The maximum absolute atomic E-state index is 12.9. The molecular weight excluding hydrogens is 328 g/mol. The van der Waals surface area contributed by atoms with Crippen molar-refractivity contribution in [3.63, 3.8) is 0 Å². The zero-order chi connectivity index (χ0) is 16.1. The molecule has 0 radical (unpaired) electrons. The first-order valence-corrected chi connectivity index (χ1v) is 8.06. The number of halogens is 1. The summed E-state index contributed by atoms with van der Waals surface area (Å²) < 4.78 is 1.53. The fourth-order valence-electron chi connectivity index (χ4n) is 3.07. The van der Waals surface area contributed by atoms with Gasteiger partial charge in [-0.2, -0.15) is 4.68 Å². The Morgan fingerprint density at radius 2 is 2.04 bits per heavy atom. The molecule has 2 heterocycles. The lowest BCUT2D eigenvalue weighted by atomic mass is 9.93. The van der Waals surface area contributed by atoms with Gasteiger partial charge >= 0.3 is 0 Å². The molecule has 1 fully saturated rings. The number of tetrazole rings is 1. The summed E-state index contributed by atoms with van der Waals surface area (Å²) in [7, 11) is 1.98. The smallest absolute Gasteiger partial charge is 0.256 e. The molecule has 130 valence electrons. The molecule has 1 aromatic carbocycles. The molecule has 1 aliphatic rings. The van der Waals surface area contributed by atoms with Crippen LogP contribution in [0.4, 0.5) is 0 Å². The Kier molecular flexibility index (Phi) is 6.69. The number of carbonyl (C=O) groups is 1. The number of piperidine rings is 1. The lowest BCUT2D eigenvalue weighted by Crippen LogP contribution is -2.39. The van der Waals surface area contributed by atoms with Gasteiger partial charge in [0.05, 0.1) is 11.3 Å². The Bertz CT molecular complexity index is 640. The maximum atomic E-state index is 12.9. The highest BCUT2D eigenvalue weighted by Crippen LogP contribution is 2.23. The van der Waals surface area contributed by atoms with Crippen LogP contribution in [-0.4, -0.2) is 57.7 Å². The van der Waals surface area contributed by atoms with Crippen LogP contribution in [0.15, 0.2) is 30.6 Å². The highest BCUT2D eigenvalue weighted by atomic mass is 35.5. The van der Waals surface area contributed by atoms with E-state index in [1.165, 1.54) is 17.4 Å². The van der Waals surface area contributed by atoms with Crippen molar-refractivity contribution in [3.05, 3.63) is 36.2 Å². The number of nitrogens with one attached hydrogen (secondary N) is 1. The van der Waals surface area contributed by atoms with Crippen LogP contribution in [0, 0.1) is 5.92 Å². The number of benzene rings is 1. The average molecular weight is 351 g/mol. The van der Waals surface area contributed by atoms with Crippen LogP contribution in [0.1, 0.15) is 29.6 Å². The van der Waals surface area contributed by atoms with E-state index in [-0.39, 0.29) is 18.3 Å². The first-order chi connectivity index (χ1) is 11.3. The van der Waals surface area contributed by atoms with Crippen molar-refractivity contribution in [2.45, 2.75) is 19.3 Å². The van der Waals surface area contributed by atoms with Gasteiger partial charge in [0.15, 0.2) is 0 Å². The summed E-state index contributed by atoms with van der Waals surface area (Å²) in [5.74, 6) is 0.768. The lowest BCUT2D eigenvalue weighted by molar-refractivity contribution is 0.0687. The molecule has 0 unspecified atom stereocenters. The molecule has 1 saturated heterocycles. The van der Waals surface area contributed by atoms with E-state index in [9.17, 15) is 4.79 Å². The molecule has 3 rings (SSSR count). The fourth-order valence-corrected chi connectivity index (χ4v) is 3.07. The Labute approximate surface area is 147 Å². The number of hydrogen-bond donors (Lipinski definition) is 1. The SMILES string of the molecule is CNCCC1CCN(C(=O)c2ccccc2-n2cnnn2)CC1.Cl. The van der Waals surface area contributed by atoms with Gasteiger partial charge < -0.3 is 10.2 Å². The minimum Gasteiger partial charge on any atom is -0.339 e. The van der Waals surface area contributed by atoms with Gasteiger partial charge in [-0.1, -0.05) is 12.1 Å². The summed E-state index contributed by atoms with van der Waals surface area (Å²) in [5, 5.41) is 14.4. The van der Waals surface area contributed by atoms with Gasteiger partial charge in [-0.25, -0.2) is 0 Å². The summed E-state index contributed by atoms with van der Waals surface area (Å²) in [6.45, 7) is 2.68. The number of amides is 1. The van der Waals surface area contributed by atoms with Crippen LogP contribution in [0.5, 0.6) is 0 Å². The standard InChI is InChI=1S/C16H22N6O.ClH/c1-17-9-6-13-7-10-21(11-8-13)16(23)14-4-2-3-5-15(14)22-12-18-19-20-22;/h2-5,12-13,17H,6-11H2,1H3;1H. The zero-order valence-corrected chi connectivity index (χ0v) is 14.6. The molecule has 7 nitrogen and oxygen atoms in total. The Hall–Kier alpha value is -1.99. The van der Waals surface area contributed by atoms with Gasteiger partial charge in [0.2, 0.25) is 0 Å². The number of rotatable bonds is 5. The summed E-state index contributed by atoms with van der Waals surface area (Å²) in [6.07, 6.45) is 4.83. The second kappa shape index (κ2) is 8.75. The number of hydrogen-bond acceptors (Lipinski definition) is 5. The first kappa shape index (κ1) is 18.4. The van der Waals surface area contributed by atoms with Crippen molar-refractivity contribution >= 4 is 18.3 Å². The second-order valence-corrected chi connectivity index (χ2v) is 5.90. The third-order valence-corrected chi connectivity index (χ3v) is 4.43. The third-order valence-electron chi connectivity index (χ3n) is 4.43. The van der Waals surface area contributed by atoms with Gasteiger partial charge in [-0.15, -0.1) is 17.5 Å². The summed E-state index contributed by atoms with van der Waals surface area (Å²) >= 11 is 0. The molecule has 0 atom stereocenters. The maximum Gasteiger partial charge on any atom is 0.256 e. The highest BCUT2D eigenvalue weighted by Gasteiger charge is 2.25. The van der Waals surface area contributed by atoms with Crippen molar-refractivity contribution < 1.29 is 4.79 Å². The van der Waals surface area contributed by atoms with Gasteiger partial charge in [-0.3, -0.25) is 4.79 Å². The topological polar surface area (TPSA) is 75.9 Å². The molecule has 8 heteroatoms. The van der Waals surface area contributed by atoms with E-state index in [0.717, 1.165) is 38.2 Å². The van der Waals surface area contributed by atoms with Crippen LogP contribution in [-0.2, 0) is 0 Å². The molecule has 0 spiro atoms. The summed E-state index contributed by atoms with van der Waals surface area (Å²) in [4.78, 5) is 14.8. The van der Waals surface area contributed by atoms with Crippen LogP contribution < -0.4 is 5.32 Å². The predicted octanol–water partition coefficient (Wildman–Crippen LogP) is 1.55. The van der Waals surface area contributed by atoms with Crippen molar-refractivity contribution in [1.29, 1.82) is 0 Å². The van der Waals surface area contributed by atoms with Gasteiger partial charge in [0, 0.05) is 13.1 Å². The zero-order valence-electron chi connectivity index (χ0n) is 13.8. The molecule has 0 aliphatic carbocycles. The molecule has 1 N–H and O–H groups in total. The third kappa shape index (κ3) is 4.10. The predicted molar refractivity (Wildman–Crippen MR) is 93.6 cm³/mol. The number of likely N-dealkylation sites (tertiary alicyclic amines) is 1. The van der Waals surface area contributed by atoms with Crippen LogP contribution in [0.3, 0.4) is 0 Å². The average Bonchev–Trinajstić information content (AvgIpc) is 3.14. The monoisotopic (exact) mass is 350 g/mol. The minimum absolute atomic E-state index is 0. The lowest BCUT2D eigenvalue weighted by Gasteiger charge is -2.32. The van der Waals surface area contributed by atoms with E-state index in [1.807, 2.05) is 36.2 Å². The number of nitrogens with zero attached hydrogens (tertiary/aromatic N) is 5. The van der Waals surface area contributed by atoms with Crippen molar-refractivity contribution in [2.75, 3.05) is 26.7 Å². The van der Waals surface area contributed by atoms with Gasteiger partial charge in [0.1, 0.15) is 6.33 Å². The van der Waals surface area contributed by atoms with Crippen LogP contribution in [0.2, 0.25) is 0 Å². The molecule has 1 aromatic heterocycles. The number of carbonyl (C=O) groups excluding carboxylic acids is 1. The van der Waals surface area contributed by atoms with Crippen molar-refractivity contribution in [3.8, 4) is 5.69 Å². The quantitative estimate of drug-likeness (QED) is 0.885. The van der Waals surface area contributed by atoms with E-state index in [1.54, 1.807) is 0 Å². The second-order valence-electron chi connectivity index (χ2n) is 5.90. The molecule has 24 heavy (non-hydrogen) atoms. The van der Waals surface area contributed by atoms with E-state index in [4.69, 9.17) is 0 Å².